The number of carbonyl (C=O) groups excluding carboxylic acids is 3. The summed E-state index contributed by atoms with van der Waals surface area (Å²) in [6, 6.07) is 13.7. The second-order valence-corrected chi connectivity index (χ2v) is 7.03. The summed E-state index contributed by atoms with van der Waals surface area (Å²) < 4.78 is 5.58. The molecule has 0 radical (unpaired) electrons. The first-order valence-corrected chi connectivity index (χ1v) is 9.64. The van der Waals surface area contributed by atoms with Gasteiger partial charge in [0.1, 0.15) is 0 Å². The molecule has 0 aliphatic heterocycles. The highest BCUT2D eigenvalue weighted by Gasteiger charge is 2.12. The van der Waals surface area contributed by atoms with E-state index in [2.05, 4.69) is 20.8 Å². The lowest BCUT2D eigenvalue weighted by atomic mass is 10.1. The molecule has 0 bridgehead atoms. The van der Waals surface area contributed by atoms with Crippen molar-refractivity contribution in [3.05, 3.63) is 54.1 Å². The van der Waals surface area contributed by atoms with E-state index in [0.717, 1.165) is 11.8 Å². The topological polar surface area (TPSA) is 114 Å². The van der Waals surface area contributed by atoms with Crippen LogP contribution in [0.1, 0.15) is 24.2 Å². The van der Waals surface area contributed by atoms with Gasteiger partial charge >= 0.3 is 0 Å². The molecule has 29 heavy (non-hydrogen) atoms. The van der Waals surface area contributed by atoms with Gasteiger partial charge in [-0.05, 0) is 49.4 Å². The molecule has 2 N–H and O–H groups in total. The molecule has 0 fully saturated rings. The van der Waals surface area contributed by atoms with Gasteiger partial charge in [0.15, 0.2) is 5.78 Å². The maximum Gasteiger partial charge on any atom is 0.277 e. The van der Waals surface area contributed by atoms with Crippen LogP contribution in [0.15, 0.2) is 58.2 Å². The van der Waals surface area contributed by atoms with E-state index in [1.807, 2.05) is 0 Å². The van der Waals surface area contributed by atoms with Gasteiger partial charge in [-0.25, -0.2) is 0 Å². The van der Waals surface area contributed by atoms with Crippen LogP contribution in [0.5, 0.6) is 0 Å². The van der Waals surface area contributed by atoms with E-state index in [0.29, 0.717) is 28.4 Å². The fourth-order valence-electron chi connectivity index (χ4n) is 2.43. The molecule has 2 aromatic carbocycles. The molecule has 1 heterocycles. The summed E-state index contributed by atoms with van der Waals surface area (Å²) in [6.07, 6.45) is 0. The van der Waals surface area contributed by atoms with E-state index in [1.54, 1.807) is 48.5 Å². The standard InChI is InChI=1S/C20H18N4O4S/c1-12(25)14-6-8-16(9-7-14)22-18(27)11-29-20-24-23-19(28-20)15-4-3-5-17(10-15)21-13(2)26/h3-10H,11H2,1-2H3,(H,21,26)(H,22,27). The molecule has 1 aromatic heterocycles. The van der Waals surface area contributed by atoms with Gasteiger partial charge in [0.2, 0.25) is 17.7 Å². The number of hydrogen-bond acceptors (Lipinski definition) is 7. The number of benzene rings is 2. The molecule has 0 saturated carbocycles. The number of Topliss-reactive ketones (excluding diaryl/α,β-unsaturated/α-hetero) is 1. The van der Waals surface area contributed by atoms with Crippen LogP contribution in [0.3, 0.4) is 0 Å². The molecule has 8 nitrogen and oxygen atoms in total. The summed E-state index contributed by atoms with van der Waals surface area (Å²) in [5.41, 5.74) is 2.46. The maximum absolute atomic E-state index is 12.1. The molecule has 3 rings (SSSR count). The van der Waals surface area contributed by atoms with E-state index in [-0.39, 0.29) is 28.6 Å². The summed E-state index contributed by atoms with van der Waals surface area (Å²) in [5.74, 6) is -0.0702. The van der Waals surface area contributed by atoms with Crippen molar-refractivity contribution in [3.63, 3.8) is 0 Å². The van der Waals surface area contributed by atoms with Gasteiger partial charge in [-0.15, -0.1) is 10.2 Å². The summed E-state index contributed by atoms with van der Waals surface area (Å²) in [7, 11) is 0. The van der Waals surface area contributed by atoms with Crippen molar-refractivity contribution in [2.45, 2.75) is 19.1 Å². The van der Waals surface area contributed by atoms with Crippen LogP contribution >= 0.6 is 11.8 Å². The van der Waals surface area contributed by atoms with Gasteiger partial charge in [-0.1, -0.05) is 17.8 Å². The van der Waals surface area contributed by atoms with Crippen molar-refractivity contribution in [1.29, 1.82) is 0 Å². The Morgan fingerprint density at radius 1 is 0.966 bits per heavy atom. The molecule has 3 aromatic rings. The highest BCUT2D eigenvalue weighted by Crippen LogP contribution is 2.25. The van der Waals surface area contributed by atoms with E-state index in [1.165, 1.54) is 13.8 Å². The summed E-state index contributed by atoms with van der Waals surface area (Å²) in [5, 5.41) is 13.6. The van der Waals surface area contributed by atoms with Crippen LogP contribution in [-0.4, -0.2) is 33.5 Å². The molecule has 0 aliphatic rings. The fourth-order valence-corrected chi connectivity index (χ4v) is 2.99. The van der Waals surface area contributed by atoms with Crippen LogP contribution < -0.4 is 10.6 Å². The smallest absolute Gasteiger partial charge is 0.277 e. The summed E-state index contributed by atoms with van der Waals surface area (Å²) >= 11 is 1.11. The third-order valence-electron chi connectivity index (χ3n) is 3.74. The predicted octanol–water partition coefficient (Wildman–Crippen LogP) is 3.63. The summed E-state index contributed by atoms with van der Waals surface area (Å²) in [6.45, 7) is 2.91. The minimum absolute atomic E-state index is 0.0340. The van der Waals surface area contributed by atoms with Gasteiger partial charge in [0.25, 0.3) is 5.22 Å². The van der Waals surface area contributed by atoms with Crippen LogP contribution in [-0.2, 0) is 9.59 Å². The first-order chi connectivity index (χ1) is 13.9. The first-order valence-electron chi connectivity index (χ1n) is 8.66. The Labute approximate surface area is 171 Å². The Kier molecular flexibility index (Phi) is 6.40. The minimum Gasteiger partial charge on any atom is -0.411 e. The molecule has 0 atom stereocenters. The number of nitrogens with zero attached hydrogens (tertiary/aromatic N) is 2. The number of aromatic nitrogens is 2. The molecule has 0 saturated heterocycles. The zero-order valence-corrected chi connectivity index (χ0v) is 16.6. The zero-order chi connectivity index (χ0) is 20.8. The Hall–Kier alpha value is -3.46. The molecule has 148 valence electrons. The number of nitrogens with one attached hydrogen (secondary N) is 2. The maximum atomic E-state index is 12.1. The fraction of sp³-hybridized carbons (Fsp3) is 0.150. The Bertz CT molecular complexity index is 1050. The van der Waals surface area contributed by atoms with E-state index in [9.17, 15) is 14.4 Å². The summed E-state index contributed by atoms with van der Waals surface area (Å²) in [4.78, 5) is 34.5. The molecular formula is C20H18N4O4S. The lowest BCUT2D eigenvalue weighted by Crippen LogP contribution is -2.14. The van der Waals surface area contributed by atoms with E-state index in [4.69, 9.17) is 4.42 Å². The minimum atomic E-state index is -0.238. The first kappa shape index (κ1) is 20.3. The van der Waals surface area contributed by atoms with Crippen molar-refractivity contribution < 1.29 is 18.8 Å². The van der Waals surface area contributed by atoms with Crippen LogP contribution in [0.25, 0.3) is 11.5 Å². The highest BCUT2D eigenvalue weighted by atomic mass is 32.2. The molecule has 2 amide bonds. The van der Waals surface area contributed by atoms with Gasteiger partial charge in [-0.3, -0.25) is 14.4 Å². The Balaban J connectivity index is 1.57. The number of carbonyl (C=O) groups is 3. The monoisotopic (exact) mass is 410 g/mol. The van der Waals surface area contributed by atoms with Crippen molar-refractivity contribution in [2.24, 2.45) is 0 Å². The average molecular weight is 410 g/mol. The van der Waals surface area contributed by atoms with E-state index < -0.39 is 0 Å². The molecule has 0 spiro atoms. The number of amides is 2. The predicted molar refractivity (Wildman–Crippen MR) is 110 cm³/mol. The molecule has 9 heteroatoms. The lowest BCUT2D eigenvalue weighted by Gasteiger charge is -2.04. The number of thioether (sulfide) groups is 1. The Morgan fingerprint density at radius 2 is 1.72 bits per heavy atom. The molecule has 0 unspecified atom stereocenters. The van der Waals surface area contributed by atoms with Crippen molar-refractivity contribution in [1.82, 2.24) is 10.2 Å². The highest BCUT2D eigenvalue weighted by molar-refractivity contribution is 7.99. The van der Waals surface area contributed by atoms with Crippen molar-refractivity contribution >= 4 is 40.7 Å². The van der Waals surface area contributed by atoms with Crippen molar-refractivity contribution in [2.75, 3.05) is 16.4 Å². The van der Waals surface area contributed by atoms with Gasteiger partial charge in [-0.2, -0.15) is 0 Å². The van der Waals surface area contributed by atoms with Gasteiger partial charge in [0, 0.05) is 29.4 Å². The SMILES string of the molecule is CC(=O)Nc1cccc(-c2nnc(SCC(=O)Nc3ccc(C(C)=O)cc3)o2)c1. The van der Waals surface area contributed by atoms with Crippen molar-refractivity contribution in [3.8, 4) is 11.5 Å². The normalized spacial score (nSPS) is 10.4. The second-order valence-electron chi connectivity index (χ2n) is 6.11. The zero-order valence-electron chi connectivity index (χ0n) is 15.8. The number of rotatable bonds is 7. The average Bonchev–Trinajstić information content (AvgIpc) is 3.16. The van der Waals surface area contributed by atoms with Crippen LogP contribution in [0, 0.1) is 0 Å². The van der Waals surface area contributed by atoms with Gasteiger partial charge in [0.05, 0.1) is 5.75 Å². The third kappa shape index (κ3) is 5.76. The van der Waals surface area contributed by atoms with Crippen LogP contribution in [0.2, 0.25) is 0 Å². The Morgan fingerprint density at radius 3 is 2.41 bits per heavy atom. The quantitative estimate of drug-likeness (QED) is 0.451. The third-order valence-corrected chi connectivity index (χ3v) is 4.56. The van der Waals surface area contributed by atoms with Crippen LogP contribution in [0.4, 0.5) is 11.4 Å². The number of ketones is 1. The second kappa shape index (κ2) is 9.16. The van der Waals surface area contributed by atoms with Gasteiger partial charge < -0.3 is 15.1 Å². The molecular weight excluding hydrogens is 392 g/mol. The molecule has 0 aliphatic carbocycles. The van der Waals surface area contributed by atoms with E-state index >= 15 is 0 Å². The largest absolute Gasteiger partial charge is 0.411 e. The lowest BCUT2D eigenvalue weighted by molar-refractivity contribution is -0.114. The number of anilines is 2. The number of hydrogen-bond donors (Lipinski definition) is 2.